The number of rotatable bonds is 1. The highest BCUT2D eigenvalue weighted by atomic mass is 79.9. The molecule has 2 aromatic rings. The van der Waals surface area contributed by atoms with Crippen molar-refractivity contribution in [1.29, 1.82) is 0 Å². The van der Waals surface area contributed by atoms with E-state index in [0.29, 0.717) is 0 Å². The van der Waals surface area contributed by atoms with E-state index in [2.05, 4.69) is 44.9 Å². The number of hydrogen-bond acceptors (Lipinski definition) is 1. The van der Waals surface area contributed by atoms with E-state index in [0.717, 1.165) is 28.3 Å². The Kier molecular flexibility index (Phi) is 3.37. The Morgan fingerprint density at radius 1 is 1.13 bits per heavy atom. The number of halogens is 1. The molecule has 74 valence electrons. The Bertz CT molecular complexity index is 523. The van der Waals surface area contributed by atoms with Crippen LogP contribution >= 0.6 is 15.9 Å². The number of benzene rings is 1. The van der Waals surface area contributed by atoms with Gasteiger partial charge in [0.05, 0.1) is 5.52 Å². The molecule has 0 unspecified atom stereocenters. The van der Waals surface area contributed by atoms with Crippen molar-refractivity contribution in [1.82, 2.24) is 4.98 Å². The summed E-state index contributed by atoms with van der Waals surface area (Å²) in [7, 11) is 0. The first-order valence-electron chi connectivity index (χ1n) is 4.81. The molecule has 15 heavy (non-hydrogen) atoms. The SMILES string of the molecule is BrCCC#Cc1ccc2ccccc2n1. The van der Waals surface area contributed by atoms with Gasteiger partial charge in [0.2, 0.25) is 0 Å². The third-order valence-corrected chi connectivity index (χ3v) is 2.43. The molecule has 0 saturated carbocycles. The standard InChI is InChI=1S/C13H10BrN/c14-10-4-3-6-12-9-8-11-5-1-2-7-13(11)15-12/h1-2,5,7-9H,4,10H2. The quantitative estimate of drug-likeness (QED) is 0.566. The lowest BCUT2D eigenvalue weighted by Gasteiger charge is -1.96. The smallest absolute Gasteiger partial charge is 0.113 e. The molecule has 0 bridgehead atoms. The minimum Gasteiger partial charge on any atom is -0.239 e. The summed E-state index contributed by atoms with van der Waals surface area (Å²) in [5.41, 5.74) is 1.85. The molecule has 2 rings (SSSR count). The Morgan fingerprint density at radius 3 is 2.87 bits per heavy atom. The van der Waals surface area contributed by atoms with Crippen molar-refractivity contribution in [3.63, 3.8) is 0 Å². The van der Waals surface area contributed by atoms with Crippen LogP contribution in [0.3, 0.4) is 0 Å². The molecule has 1 aromatic carbocycles. The van der Waals surface area contributed by atoms with Crippen molar-refractivity contribution in [3.8, 4) is 11.8 Å². The van der Waals surface area contributed by atoms with Gasteiger partial charge in [-0.15, -0.1) is 0 Å². The molecule has 0 radical (unpaired) electrons. The molecule has 0 fully saturated rings. The summed E-state index contributed by atoms with van der Waals surface area (Å²) in [4.78, 5) is 4.46. The molecule has 0 N–H and O–H groups in total. The van der Waals surface area contributed by atoms with Crippen molar-refractivity contribution < 1.29 is 0 Å². The highest BCUT2D eigenvalue weighted by molar-refractivity contribution is 9.09. The zero-order chi connectivity index (χ0) is 10.5. The third-order valence-electron chi connectivity index (χ3n) is 2.03. The molecule has 1 aromatic heterocycles. The first kappa shape index (κ1) is 10.2. The van der Waals surface area contributed by atoms with Crippen LogP contribution in [0.1, 0.15) is 12.1 Å². The van der Waals surface area contributed by atoms with Gasteiger partial charge in [-0.05, 0) is 18.1 Å². The number of fused-ring (bicyclic) bond motifs is 1. The highest BCUT2D eigenvalue weighted by Crippen LogP contribution is 2.10. The lowest BCUT2D eigenvalue weighted by Crippen LogP contribution is -1.83. The largest absolute Gasteiger partial charge is 0.239 e. The summed E-state index contributed by atoms with van der Waals surface area (Å²) >= 11 is 3.34. The lowest BCUT2D eigenvalue weighted by molar-refractivity contribution is 1.30. The molecular weight excluding hydrogens is 250 g/mol. The first-order valence-corrected chi connectivity index (χ1v) is 5.93. The predicted octanol–water partition coefficient (Wildman–Crippen LogP) is 3.37. The van der Waals surface area contributed by atoms with Gasteiger partial charge in [0.15, 0.2) is 0 Å². The monoisotopic (exact) mass is 259 g/mol. The molecule has 1 nitrogen and oxygen atoms in total. The van der Waals surface area contributed by atoms with E-state index in [1.54, 1.807) is 0 Å². The zero-order valence-corrected chi connectivity index (χ0v) is 9.79. The van der Waals surface area contributed by atoms with E-state index in [9.17, 15) is 0 Å². The second-order valence-corrected chi connectivity index (χ2v) is 3.92. The van der Waals surface area contributed by atoms with Crippen LogP contribution < -0.4 is 0 Å². The Morgan fingerprint density at radius 2 is 2.00 bits per heavy atom. The number of alkyl halides is 1. The van der Waals surface area contributed by atoms with E-state index in [4.69, 9.17) is 0 Å². The minimum absolute atomic E-state index is 0.842. The first-order chi connectivity index (χ1) is 7.40. The maximum Gasteiger partial charge on any atom is 0.113 e. The third kappa shape index (κ3) is 2.57. The Labute approximate surface area is 97.7 Å². The van der Waals surface area contributed by atoms with Crippen LogP contribution in [0.15, 0.2) is 36.4 Å². The summed E-state index contributed by atoms with van der Waals surface area (Å²) in [6.07, 6.45) is 0.856. The van der Waals surface area contributed by atoms with E-state index in [1.165, 1.54) is 0 Å². The van der Waals surface area contributed by atoms with E-state index in [-0.39, 0.29) is 0 Å². The van der Waals surface area contributed by atoms with Gasteiger partial charge in [-0.3, -0.25) is 0 Å². The molecule has 0 aliphatic carbocycles. The van der Waals surface area contributed by atoms with Crippen molar-refractivity contribution in [2.45, 2.75) is 6.42 Å². The fourth-order valence-corrected chi connectivity index (χ4v) is 1.53. The average molecular weight is 260 g/mol. The van der Waals surface area contributed by atoms with Gasteiger partial charge < -0.3 is 0 Å². The fourth-order valence-electron chi connectivity index (χ4n) is 1.34. The number of pyridine rings is 1. The van der Waals surface area contributed by atoms with Crippen molar-refractivity contribution in [2.24, 2.45) is 0 Å². The van der Waals surface area contributed by atoms with Crippen LogP contribution in [0.4, 0.5) is 0 Å². The maximum atomic E-state index is 4.46. The minimum atomic E-state index is 0.842. The van der Waals surface area contributed by atoms with Gasteiger partial charge in [0.1, 0.15) is 5.69 Å². The highest BCUT2D eigenvalue weighted by Gasteiger charge is 1.93. The summed E-state index contributed by atoms with van der Waals surface area (Å²) in [6.45, 7) is 0. The lowest BCUT2D eigenvalue weighted by atomic mass is 10.2. The Hall–Kier alpha value is -1.33. The maximum absolute atomic E-state index is 4.46. The van der Waals surface area contributed by atoms with Crippen molar-refractivity contribution >= 4 is 26.8 Å². The average Bonchev–Trinajstić information content (AvgIpc) is 2.29. The molecule has 0 aliphatic heterocycles. The van der Waals surface area contributed by atoms with E-state index < -0.39 is 0 Å². The van der Waals surface area contributed by atoms with Crippen LogP contribution in [0.5, 0.6) is 0 Å². The molecule has 2 heteroatoms. The predicted molar refractivity (Wildman–Crippen MR) is 67.0 cm³/mol. The Balaban J connectivity index is 2.36. The normalized spacial score (nSPS) is 9.67. The van der Waals surface area contributed by atoms with Crippen LogP contribution in [0.25, 0.3) is 10.9 Å². The van der Waals surface area contributed by atoms with Crippen LogP contribution in [-0.2, 0) is 0 Å². The van der Waals surface area contributed by atoms with Crippen LogP contribution in [0, 0.1) is 11.8 Å². The van der Waals surface area contributed by atoms with Crippen molar-refractivity contribution in [3.05, 3.63) is 42.1 Å². The van der Waals surface area contributed by atoms with E-state index in [1.807, 2.05) is 24.3 Å². The molecule has 0 spiro atoms. The van der Waals surface area contributed by atoms with Crippen LogP contribution in [-0.4, -0.2) is 10.3 Å². The molecular formula is C13H10BrN. The number of nitrogens with zero attached hydrogens (tertiary/aromatic N) is 1. The molecule has 0 atom stereocenters. The number of para-hydroxylation sites is 1. The molecule has 1 heterocycles. The van der Waals surface area contributed by atoms with E-state index >= 15 is 0 Å². The second kappa shape index (κ2) is 4.95. The topological polar surface area (TPSA) is 12.9 Å². The summed E-state index contributed by atoms with van der Waals surface area (Å²) in [5, 5.41) is 2.07. The number of aromatic nitrogens is 1. The summed E-state index contributed by atoms with van der Waals surface area (Å²) < 4.78 is 0. The summed E-state index contributed by atoms with van der Waals surface area (Å²) in [6, 6.07) is 12.1. The summed E-state index contributed by atoms with van der Waals surface area (Å²) in [5.74, 6) is 6.10. The van der Waals surface area contributed by atoms with Gasteiger partial charge in [-0.1, -0.05) is 46.1 Å². The molecule has 0 aliphatic rings. The zero-order valence-electron chi connectivity index (χ0n) is 8.20. The second-order valence-electron chi connectivity index (χ2n) is 3.13. The number of hydrogen-bond donors (Lipinski definition) is 0. The fraction of sp³-hybridized carbons (Fsp3) is 0.154. The van der Waals surface area contributed by atoms with Gasteiger partial charge in [-0.2, -0.15) is 0 Å². The van der Waals surface area contributed by atoms with Crippen LogP contribution in [0.2, 0.25) is 0 Å². The van der Waals surface area contributed by atoms with Crippen molar-refractivity contribution in [2.75, 3.05) is 5.33 Å². The van der Waals surface area contributed by atoms with Gasteiger partial charge in [-0.25, -0.2) is 4.98 Å². The van der Waals surface area contributed by atoms with Gasteiger partial charge in [0.25, 0.3) is 0 Å². The van der Waals surface area contributed by atoms with Gasteiger partial charge >= 0.3 is 0 Å². The molecule has 0 saturated heterocycles. The molecule has 0 amide bonds. The van der Waals surface area contributed by atoms with Gasteiger partial charge in [0, 0.05) is 17.1 Å².